The number of amides is 1. The number of fused-ring (bicyclic) bond motifs is 3. The number of nitrogens with one attached hydrogen (secondary N) is 1. The maximum Gasteiger partial charge on any atom is 0.256 e. The first kappa shape index (κ1) is 20.4. The number of hydrogen-bond acceptors (Lipinski definition) is 3. The molecule has 1 aliphatic rings. The molecule has 0 aliphatic heterocycles. The van der Waals surface area contributed by atoms with E-state index in [-0.39, 0.29) is 18.3 Å². The van der Waals surface area contributed by atoms with Gasteiger partial charge in [-0.15, -0.1) is 0 Å². The number of halogens is 1. The molecule has 6 heteroatoms. The number of aryl methyl sites for hydroxylation is 2. The van der Waals surface area contributed by atoms with Gasteiger partial charge in [-0.25, -0.2) is 4.39 Å². The van der Waals surface area contributed by atoms with Crippen molar-refractivity contribution in [1.29, 1.82) is 0 Å². The van der Waals surface area contributed by atoms with E-state index in [0.717, 1.165) is 23.7 Å². The number of nitrogens with zero attached hydrogens (tertiary/aromatic N) is 1. The zero-order chi connectivity index (χ0) is 20.9. The number of aromatic nitrogens is 1. The molecule has 4 rings (SSSR count). The van der Waals surface area contributed by atoms with E-state index in [4.69, 9.17) is 9.47 Å². The minimum absolute atomic E-state index is 0.0756. The molecule has 30 heavy (non-hydrogen) atoms. The molecule has 1 heterocycles. The van der Waals surface area contributed by atoms with E-state index >= 15 is 0 Å². The third-order valence-electron chi connectivity index (χ3n) is 5.67. The average molecular weight is 410 g/mol. The van der Waals surface area contributed by atoms with Gasteiger partial charge in [0.05, 0.1) is 24.2 Å². The highest BCUT2D eigenvalue weighted by atomic mass is 19.1. The van der Waals surface area contributed by atoms with Crippen molar-refractivity contribution in [3.63, 3.8) is 0 Å². The smallest absolute Gasteiger partial charge is 0.256 e. The van der Waals surface area contributed by atoms with Gasteiger partial charge in [0.2, 0.25) is 0 Å². The first-order chi connectivity index (χ1) is 14.7. The highest BCUT2D eigenvalue weighted by Gasteiger charge is 2.22. The van der Waals surface area contributed by atoms with Gasteiger partial charge in [0.25, 0.3) is 5.91 Å². The summed E-state index contributed by atoms with van der Waals surface area (Å²) in [6, 6.07) is 12.2. The second kappa shape index (κ2) is 9.30. The number of aromatic amines is 1. The molecule has 5 nitrogen and oxygen atoms in total. The van der Waals surface area contributed by atoms with Crippen molar-refractivity contribution in [3.05, 3.63) is 65.1 Å². The lowest BCUT2D eigenvalue weighted by atomic mass is 9.95. The van der Waals surface area contributed by atoms with Crippen LogP contribution in [0.1, 0.15) is 34.5 Å². The second-order valence-electron chi connectivity index (χ2n) is 7.58. The summed E-state index contributed by atoms with van der Waals surface area (Å²) in [6.07, 6.45) is 4.44. The van der Waals surface area contributed by atoms with Gasteiger partial charge in [-0.2, -0.15) is 0 Å². The van der Waals surface area contributed by atoms with Gasteiger partial charge < -0.3 is 19.4 Å². The van der Waals surface area contributed by atoms with Gasteiger partial charge in [0.1, 0.15) is 6.61 Å². The molecule has 0 spiro atoms. The van der Waals surface area contributed by atoms with E-state index in [1.54, 1.807) is 30.2 Å². The van der Waals surface area contributed by atoms with Crippen LogP contribution in [-0.4, -0.2) is 49.2 Å². The SMILES string of the molecule is COCCN(CCOc1ccccc1F)C(=O)c1cccc2c3c([nH]c12)CCCC3. The van der Waals surface area contributed by atoms with Crippen molar-refractivity contribution in [2.45, 2.75) is 25.7 Å². The Labute approximate surface area is 175 Å². The summed E-state index contributed by atoms with van der Waals surface area (Å²) >= 11 is 0. The molecule has 0 saturated heterocycles. The van der Waals surface area contributed by atoms with Crippen LogP contribution >= 0.6 is 0 Å². The average Bonchev–Trinajstić information content (AvgIpc) is 3.15. The number of benzene rings is 2. The Bertz CT molecular complexity index is 1030. The van der Waals surface area contributed by atoms with Gasteiger partial charge in [-0.3, -0.25) is 4.79 Å². The number of rotatable bonds is 8. The molecule has 0 fully saturated rings. The third-order valence-corrected chi connectivity index (χ3v) is 5.67. The van der Waals surface area contributed by atoms with Crippen molar-refractivity contribution in [2.75, 3.05) is 33.4 Å². The van der Waals surface area contributed by atoms with Crippen LogP contribution in [0.2, 0.25) is 0 Å². The lowest BCUT2D eigenvalue weighted by Crippen LogP contribution is -2.37. The third kappa shape index (κ3) is 4.19. The van der Waals surface area contributed by atoms with E-state index in [1.165, 1.54) is 30.2 Å². The first-order valence-corrected chi connectivity index (χ1v) is 10.5. The van der Waals surface area contributed by atoms with E-state index in [2.05, 4.69) is 11.1 Å². The standard InChI is InChI=1S/C24H27FN2O3/c1-29-15-13-27(14-16-30-22-12-5-3-10-20(22)25)24(28)19-9-6-8-18-17-7-2-4-11-21(17)26-23(18)19/h3,5-6,8-10,12,26H,2,4,7,11,13-16H2,1H3. The fraction of sp³-hybridized carbons (Fsp3) is 0.375. The lowest BCUT2D eigenvalue weighted by molar-refractivity contribution is 0.0666. The maximum atomic E-state index is 13.8. The van der Waals surface area contributed by atoms with Gasteiger partial charge >= 0.3 is 0 Å². The first-order valence-electron chi connectivity index (χ1n) is 10.5. The summed E-state index contributed by atoms with van der Waals surface area (Å²) in [4.78, 5) is 18.6. The zero-order valence-electron chi connectivity index (χ0n) is 17.2. The van der Waals surface area contributed by atoms with Crippen molar-refractivity contribution in [1.82, 2.24) is 9.88 Å². The Morgan fingerprint density at radius 2 is 1.87 bits per heavy atom. The molecular weight excluding hydrogens is 383 g/mol. The zero-order valence-corrected chi connectivity index (χ0v) is 17.2. The highest BCUT2D eigenvalue weighted by molar-refractivity contribution is 6.06. The summed E-state index contributed by atoms with van der Waals surface area (Å²) in [5.74, 6) is -0.293. The lowest BCUT2D eigenvalue weighted by Gasteiger charge is -2.23. The van der Waals surface area contributed by atoms with Gasteiger partial charge in [0.15, 0.2) is 11.6 Å². The molecule has 1 amide bonds. The highest BCUT2D eigenvalue weighted by Crippen LogP contribution is 2.31. The van der Waals surface area contributed by atoms with Crippen molar-refractivity contribution in [2.24, 2.45) is 0 Å². The van der Waals surface area contributed by atoms with E-state index in [1.807, 2.05) is 12.1 Å². The summed E-state index contributed by atoms with van der Waals surface area (Å²) < 4.78 is 24.6. The maximum absolute atomic E-state index is 13.8. The normalized spacial score (nSPS) is 13.3. The number of ether oxygens (including phenoxy) is 2. The Morgan fingerprint density at radius 3 is 2.70 bits per heavy atom. The van der Waals surface area contributed by atoms with Crippen LogP contribution < -0.4 is 4.74 Å². The number of para-hydroxylation sites is 2. The van der Waals surface area contributed by atoms with E-state index < -0.39 is 5.82 Å². The Kier molecular flexibility index (Phi) is 6.33. The van der Waals surface area contributed by atoms with Gasteiger partial charge in [-0.05, 0) is 49.4 Å². The predicted molar refractivity (Wildman–Crippen MR) is 115 cm³/mol. The van der Waals surface area contributed by atoms with Gasteiger partial charge in [0, 0.05) is 24.7 Å². The predicted octanol–water partition coefficient (Wildman–Crippen LogP) is 4.35. The number of H-pyrrole nitrogens is 1. The summed E-state index contributed by atoms with van der Waals surface area (Å²) in [5, 5.41) is 1.14. The van der Waals surface area contributed by atoms with Crippen molar-refractivity contribution >= 4 is 16.8 Å². The number of methoxy groups -OCH3 is 1. The molecule has 1 aliphatic carbocycles. The Balaban J connectivity index is 1.54. The van der Waals surface area contributed by atoms with Crippen molar-refractivity contribution in [3.8, 4) is 5.75 Å². The van der Waals surface area contributed by atoms with Crippen LogP contribution in [0.25, 0.3) is 10.9 Å². The molecule has 1 aromatic heterocycles. The minimum Gasteiger partial charge on any atom is -0.489 e. The topological polar surface area (TPSA) is 54.6 Å². The Morgan fingerprint density at radius 1 is 1.07 bits per heavy atom. The molecule has 2 aromatic carbocycles. The van der Waals surface area contributed by atoms with E-state index in [9.17, 15) is 9.18 Å². The number of carbonyl (C=O) groups is 1. The van der Waals surface area contributed by atoms with Crippen LogP contribution in [-0.2, 0) is 17.6 Å². The molecule has 0 atom stereocenters. The molecular formula is C24H27FN2O3. The van der Waals surface area contributed by atoms with Crippen LogP contribution in [0.5, 0.6) is 5.75 Å². The van der Waals surface area contributed by atoms with Gasteiger partial charge in [-0.1, -0.05) is 24.3 Å². The molecule has 3 aromatic rings. The molecule has 0 bridgehead atoms. The fourth-order valence-corrected chi connectivity index (χ4v) is 4.12. The second-order valence-corrected chi connectivity index (χ2v) is 7.58. The summed E-state index contributed by atoms with van der Waals surface area (Å²) in [7, 11) is 1.61. The monoisotopic (exact) mass is 410 g/mol. The fourth-order valence-electron chi connectivity index (χ4n) is 4.12. The summed E-state index contributed by atoms with van der Waals surface area (Å²) in [5.41, 5.74) is 4.16. The largest absolute Gasteiger partial charge is 0.489 e. The van der Waals surface area contributed by atoms with E-state index in [0.29, 0.717) is 25.3 Å². The van der Waals surface area contributed by atoms with Crippen LogP contribution in [0.15, 0.2) is 42.5 Å². The molecule has 0 unspecified atom stereocenters. The van der Waals surface area contributed by atoms with Crippen LogP contribution in [0.3, 0.4) is 0 Å². The molecule has 158 valence electrons. The Hall–Kier alpha value is -2.86. The molecule has 1 N–H and O–H groups in total. The molecule has 0 radical (unpaired) electrons. The quantitative estimate of drug-likeness (QED) is 0.601. The minimum atomic E-state index is -0.408. The van der Waals surface area contributed by atoms with Crippen LogP contribution in [0, 0.1) is 5.82 Å². The number of hydrogen-bond donors (Lipinski definition) is 1. The number of carbonyl (C=O) groups excluding carboxylic acids is 1. The van der Waals surface area contributed by atoms with Crippen LogP contribution in [0.4, 0.5) is 4.39 Å². The summed E-state index contributed by atoms with van der Waals surface area (Å²) in [6.45, 7) is 1.40. The van der Waals surface area contributed by atoms with Crippen molar-refractivity contribution < 1.29 is 18.7 Å². The molecule has 0 saturated carbocycles.